The van der Waals surface area contributed by atoms with Gasteiger partial charge in [-0.1, -0.05) is 0 Å². The van der Waals surface area contributed by atoms with Crippen LogP contribution in [0, 0.1) is 6.57 Å². The molecule has 1 saturated heterocycles. The highest BCUT2D eigenvalue weighted by atomic mass is 15.4. The fraction of sp³-hybridized carbons (Fsp3) is 0.308. The lowest BCUT2D eigenvalue weighted by atomic mass is 9.93. The van der Waals surface area contributed by atoms with E-state index in [0.717, 1.165) is 18.7 Å². The number of anilines is 1. The Bertz CT molecular complexity index is 880. The van der Waals surface area contributed by atoms with Crippen LogP contribution in [-0.2, 0) is 5.54 Å². The fourth-order valence-corrected chi connectivity index (χ4v) is 2.64. The quantitative estimate of drug-likeness (QED) is 0.648. The van der Waals surface area contributed by atoms with Crippen LogP contribution in [0.15, 0.2) is 24.7 Å². The average molecular weight is 295 g/mol. The van der Waals surface area contributed by atoms with Crippen molar-refractivity contribution in [3.63, 3.8) is 0 Å². The highest BCUT2D eigenvalue weighted by Crippen LogP contribution is 2.25. The second kappa shape index (κ2) is 4.51. The maximum absolute atomic E-state index is 7.13. The molecule has 1 aliphatic rings. The molecule has 22 heavy (non-hydrogen) atoms. The second-order valence-electron chi connectivity index (χ2n) is 5.33. The van der Waals surface area contributed by atoms with Gasteiger partial charge in [-0.25, -0.2) is 11.6 Å². The van der Waals surface area contributed by atoms with E-state index in [0.29, 0.717) is 18.0 Å². The van der Waals surface area contributed by atoms with Gasteiger partial charge in [0.15, 0.2) is 17.0 Å². The van der Waals surface area contributed by atoms with E-state index in [1.807, 2.05) is 10.9 Å². The molecule has 1 fully saturated rings. The lowest BCUT2D eigenvalue weighted by Gasteiger charge is -2.38. The summed E-state index contributed by atoms with van der Waals surface area (Å²) in [7, 11) is 0. The van der Waals surface area contributed by atoms with Gasteiger partial charge in [-0.2, -0.15) is 14.6 Å². The minimum atomic E-state index is -0.269. The Morgan fingerprint density at radius 3 is 3.05 bits per heavy atom. The van der Waals surface area contributed by atoms with Gasteiger partial charge in [-0.3, -0.25) is 4.68 Å². The van der Waals surface area contributed by atoms with Crippen molar-refractivity contribution in [3.05, 3.63) is 36.1 Å². The summed E-state index contributed by atoms with van der Waals surface area (Å²) >= 11 is 0. The molecule has 9 heteroatoms. The third kappa shape index (κ3) is 1.74. The van der Waals surface area contributed by atoms with Crippen molar-refractivity contribution in [2.45, 2.75) is 5.54 Å². The predicted octanol–water partition coefficient (Wildman–Crippen LogP) is -0.212. The van der Waals surface area contributed by atoms with Gasteiger partial charge < -0.3 is 15.9 Å². The summed E-state index contributed by atoms with van der Waals surface area (Å²) < 4.78 is 3.44. The average Bonchev–Trinajstić information content (AvgIpc) is 3.07. The molecule has 0 saturated carbocycles. The molecule has 0 aromatic carbocycles. The maximum Gasteiger partial charge on any atom is 0.242 e. The van der Waals surface area contributed by atoms with Gasteiger partial charge in [0.1, 0.15) is 0 Å². The molecule has 0 amide bonds. The zero-order valence-corrected chi connectivity index (χ0v) is 11.6. The van der Waals surface area contributed by atoms with E-state index in [4.69, 9.17) is 12.3 Å². The first-order valence-corrected chi connectivity index (χ1v) is 6.79. The monoisotopic (exact) mass is 295 g/mol. The lowest BCUT2D eigenvalue weighted by Crippen LogP contribution is -2.62. The number of hydrogen-bond donors (Lipinski definition) is 2. The van der Waals surface area contributed by atoms with Crippen molar-refractivity contribution in [3.8, 4) is 11.4 Å². The van der Waals surface area contributed by atoms with Gasteiger partial charge in [-0.15, -0.1) is 5.10 Å². The van der Waals surface area contributed by atoms with Crippen LogP contribution in [0.2, 0.25) is 0 Å². The number of nitrogens with zero attached hydrogens (tertiary/aromatic N) is 7. The largest absolute Gasteiger partial charge is 0.366 e. The molecule has 1 aliphatic heterocycles. The molecule has 0 atom stereocenters. The Morgan fingerprint density at radius 2 is 2.32 bits per heavy atom. The van der Waals surface area contributed by atoms with Crippen LogP contribution in [0.3, 0.4) is 0 Å². The molecule has 4 rings (SSSR count). The number of aromatic nitrogens is 6. The summed E-state index contributed by atoms with van der Waals surface area (Å²) in [5.41, 5.74) is 6.83. The number of nitrogens with two attached hydrogens (primary N) is 1. The van der Waals surface area contributed by atoms with Gasteiger partial charge in [0.2, 0.25) is 12.5 Å². The summed E-state index contributed by atoms with van der Waals surface area (Å²) in [5.74, 6) is 0.826. The Morgan fingerprint density at radius 1 is 1.45 bits per heavy atom. The maximum atomic E-state index is 7.13. The third-order valence-electron chi connectivity index (χ3n) is 3.88. The normalized spacial score (nSPS) is 16.3. The van der Waals surface area contributed by atoms with Crippen LogP contribution in [0.5, 0.6) is 0 Å². The van der Waals surface area contributed by atoms with Gasteiger partial charge in [0, 0.05) is 31.5 Å². The van der Waals surface area contributed by atoms with E-state index < -0.39 is 0 Å². The standard InChI is InChI=1S/C13H13N9/c1-15-6-13(7-16-8-13)21-5-9(4-18-21)11-17-3-2-10-19-12(14)20-22(10)11/h2-5,16H,6-8H2,(H2,14,20). The summed E-state index contributed by atoms with van der Waals surface area (Å²) in [6.07, 6.45) is 5.28. The number of nitrogens with one attached hydrogen (secondary N) is 1. The first kappa shape index (κ1) is 12.7. The molecule has 4 heterocycles. The zero-order chi connectivity index (χ0) is 15.2. The first-order valence-electron chi connectivity index (χ1n) is 6.79. The molecule has 0 radical (unpaired) electrons. The molecular weight excluding hydrogens is 282 g/mol. The van der Waals surface area contributed by atoms with Crippen molar-refractivity contribution in [1.82, 2.24) is 34.7 Å². The van der Waals surface area contributed by atoms with E-state index in [-0.39, 0.29) is 11.5 Å². The molecule has 9 nitrogen and oxygen atoms in total. The topological polar surface area (TPSA) is 103 Å². The minimum absolute atomic E-state index is 0.203. The second-order valence-corrected chi connectivity index (χ2v) is 5.33. The van der Waals surface area contributed by atoms with Crippen molar-refractivity contribution < 1.29 is 0 Å². The van der Waals surface area contributed by atoms with Crippen LogP contribution in [0.25, 0.3) is 21.9 Å². The fourth-order valence-electron chi connectivity index (χ4n) is 2.64. The number of hydrogen-bond acceptors (Lipinski definition) is 6. The molecule has 3 aromatic rings. The van der Waals surface area contributed by atoms with E-state index in [2.05, 4.69) is 30.3 Å². The smallest absolute Gasteiger partial charge is 0.242 e. The Labute approximate surface area is 125 Å². The Kier molecular flexibility index (Phi) is 2.61. The zero-order valence-electron chi connectivity index (χ0n) is 11.6. The Balaban J connectivity index is 1.79. The molecule has 110 valence electrons. The molecule has 0 aliphatic carbocycles. The first-order chi connectivity index (χ1) is 10.7. The molecule has 0 unspecified atom stereocenters. The van der Waals surface area contributed by atoms with Crippen molar-refractivity contribution in [2.24, 2.45) is 0 Å². The number of rotatable bonds is 3. The van der Waals surface area contributed by atoms with E-state index in [1.165, 1.54) is 0 Å². The predicted molar refractivity (Wildman–Crippen MR) is 78.7 cm³/mol. The minimum Gasteiger partial charge on any atom is -0.366 e. The van der Waals surface area contributed by atoms with E-state index in [1.54, 1.807) is 23.0 Å². The molecule has 3 aromatic heterocycles. The highest BCUT2D eigenvalue weighted by Gasteiger charge is 2.43. The number of nitrogen functional groups attached to an aromatic ring is 1. The van der Waals surface area contributed by atoms with Crippen LogP contribution >= 0.6 is 0 Å². The van der Waals surface area contributed by atoms with Gasteiger partial charge >= 0.3 is 0 Å². The van der Waals surface area contributed by atoms with Gasteiger partial charge in [-0.05, 0) is 0 Å². The summed E-state index contributed by atoms with van der Waals surface area (Å²) in [6, 6.07) is 1.74. The molecule has 3 N–H and O–H groups in total. The van der Waals surface area contributed by atoms with Gasteiger partial charge in [0.05, 0.1) is 11.8 Å². The summed E-state index contributed by atoms with van der Waals surface area (Å²) in [5, 5.41) is 11.8. The number of fused-ring (bicyclic) bond motifs is 1. The van der Waals surface area contributed by atoms with Gasteiger partial charge in [0.25, 0.3) is 0 Å². The summed E-state index contributed by atoms with van der Waals surface area (Å²) in [4.78, 5) is 12.0. The van der Waals surface area contributed by atoms with E-state index in [9.17, 15) is 0 Å². The summed E-state index contributed by atoms with van der Waals surface area (Å²) in [6.45, 7) is 9.01. The van der Waals surface area contributed by atoms with Crippen LogP contribution in [0.1, 0.15) is 0 Å². The SMILES string of the molecule is [C-]#[N+]CC1(n2cc(-c3nccc4nc(N)nn34)cn2)CNC1. The van der Waals surface area contributed by atoms with Crippen molar-refractivity contribution in [1.29, 1.82) is 0 Å². The lowest BCUT2D eigenvalue weighted by molar-refractivity contribution is 0.175. The van der Waals surface area contributed by atoms with E-state index >= 15 is 0 Å². The highest BCUT2D eigenvalue weighted by molar-refractivity contribution is 5.57. The third-order valence-corrected chi connectivity index (χ3v) is 3.88. The van der Waals surface area contributed by atoms with Crippen LogP contribution < -0.4 is 11.1 Å². The van der Waals surface area contributed by atoms with Crippen LogP contribution in [-0.4, -0.2) is 49.0 Å². The van der Waals surface area contributed by atoms with Crippen LogP contribution in [0.4, 0.5) is 5.95 Å². The Hall–Kier alpha value is -2.99. The molecule has 0 spiro atoms. The molecular formula is C13H13N9. The van der Waals surface area contributed by atoms with Crippen molar-refractivity contribution >= 4 is 11.6 Å². The molecule has 0 bridgehead atoms. The van der Waals surface area contributed by atoms with Crippen molar-refractivity contribution in [2.75, 3.05) is 25.4 Å².